The Hall–Kier alpha value is -1.84. The molecule has 3 rings (SSSR count). The summed E-state index contributed by atoms with van der Waals surface area (Å²) in [5.74, 6) is 0. The summed E-state index contributed by atoms with van der Waals surface area (Å²) in [6.45, 7) is 5.01. The second kappa shape index (κ2) is 6.73. The van der Waals surface area contributed by atoms with Crippen LogP contribution in [-0.2, 0) is 6.42 Å². The Kier molecular flexibility index (Phi) is 4.69. The quantitative estimate of drug-likeness (QED) is 0.662. The van der Waals surface area contributed by atoms with E-state index in [-0.39, 0.29) is 0 Å². The van der Waals surface area contributed by atoms with E-state index in [0.29, 0.717) is 5.02 Å². The summed E-state index contributed by atoms with van der Waals surface area (Å²) >= 11 is 6.39. The largest absolute Gasteiger partial charge is 0.353 e. The number of hydrogen-bond donors (Lipinski definition) is 2. The number of aromatic nitrogens is 2. The highest BCUT2D eigenvalue weighted by molar-refractivity contribution is 6.33. The Balaban J connectivity index is 2.21. The predicted molar refractivity (Wildman–Crippen MR) is 98.0 cm³/mol. The van der Waals surface area contributed by atoms with Crippen LogP contribution in [0.4, 0.5) is 0 Å². The van der Waals surface area contributed by atoms with Crippen LogP contribution in [0.2, 0.25) is 5.02 Å². The van der Waals surface area contributed by atoms with Gasteiger partial charge in [-0.2, -0.15) is 0 Å². The van der Waals surface area contributed by atoms with Gasteiger partial charge in [0.25, 0.3) is 0 Å². The second-order valence-electron chi connectivity index (χ2n) is 5.99. The molecule has 2 heterocycles. The number of nitrogens with zero attached hydrogens (tertiary/aromatic N) is 1. The van der Waals surface area contributed by atoms with Crippen molar-refractivity contribution in [1.82, 2.24) is 9.97 Å². The van der Waals surface area contributed by atoms with E-state index < -0.39 is 0 Å². The molecule has 0 saturated carbocycles. The van der Waals surface area contributed by atoms with Crippen molar-refractivity contribution >= 4 is 22.5 Å². The molecule has 3 nitrogen and oxygen atoms in total. The molecule has 23 heavy (non-hydrogen) atoms. The van der Waals surface area contributed by atoms with Crippen LogP contribution in [0.5, 0.6) is 0 Å². The fourth-order valence-electron chi connectivity index (χ4n) is 3.04. The number of hydrogen-bond acceptors (Lipinski definition) is 2. The Labute approximate surface area is 141 Å². The third-order valence-electron chi connectivity index (χ3n) is 4.49. The molecular weight excluding hydrogens is 306 g/mol. The molecule has 0 saturated heterocycles. The van der Waals surface area contributed by atoms with Gasteiger partial charge in [0.2, 0.25) is 0 Å². The molecule has 0 unspecified atom stereocenters. The van der Waals surface area contributed by atoms with Gasteiger partial charge in [-0.1, -0.05) is 23.7 Å². The maximum Gasteiger partial charge on any atom is 0.105 e. The summed E-state index contributed by atoms with van der Waals surface area (Å²) in [5, 5.41) is 1.94. The second-order valence-corrected chi connectivity index (χ2v) is 6.40. The highest BCUT2D eigenvalue weighted by atomic mass is 35.5. The molecule has 0 amide bonds. The van der Waals surface area contributed by atoms with Gasteiger partial charge in [0, 0.05) is 17.1 Å². The zero-order valence-electron chi connectivity index (χ0n) is 13.6. The van der Waals surface area contributed by atoms with E-state index >= 15 is 0 Å². The maximum atomic E-state index is 6.39. The van der Waals surface area contributed by atoms with Crippen LogP contribution in [0.15, 0.2) is 30.5 Å². The molecule has 3 aromatic rings. The maximum absolute atomic E-state index is 6.39. The van der Waals surface area contributed by atoms with Crippen LogP contribution in [0.3, 0.4) is 0 Å². The van der Waals surface area contributed by atoms with Gasteiger partial charge in [-0.05, 0) is 68.5 Å². The number of fused-ring (bicyclic) bond motifs is 1. The zero-order chi connectivity index (χ0) is 16.4. The molecule has 0 atom stereocenters. The van der Waals surface area contributed by atoms with Gasteiger partial charge in [0.1, 0.15) is 5.69 Å². The van der Waals surface area contributed by atoms with Crippen LogP contribution in [-0.4, -0.2) is 16.5 Å². The lowest BCUT2D eigenvalue weighted by Gasteiger charge is -2.06. The predicted octanol–water partition coefficient (Wildman–Crippen LogP) is 4.78. The molecule has 4 heteroatoms. The van der Waals surface area contributed by atoms with Crippen molar-refractivity contribution in [3.05, 3.63) is 52.2 Å². The first-order chi connectivity index (χ1) is 11.1. The Morgan fingerprint density at radius 2 is 2.00 bits per heavy atom. The van der Waals surface area contributed by atoms with E-state index in [0.717, 1.165) is 37.2 Å². The molecule has 3 N–H and O–H groups in total. The fourth-order valence-corrected chi connectivity index (χ4v) is 3.26. The monoisotopic (exact) mass is 327 g/mol. The first-order valence-electron chi connectivity index (χ1n) is 8.05. The van der Waals surface area contributed by atoms with Gasteiger partial charge in [-0.15, -0.1) is 0 Å². The molecule has 0 bridgehead atoms. The molecule has 1 aromatic carbocycles. The minimum atomic E-state index is 0.675. The first-order valence-corrected chi connectivity index (χ1v) is 8.43. The SMILES string of the molecule is Cc1ccc2c(CCCCN)c(-c3ncccc3Cl)[nH]c2c1C. The van der Waals surface area contributed by atoms with Crippen molar-refractivity contribution in [1.29, 1.82) is 0 Å². The number of nitrogens with two attached hydrogens (primary N) is 1. The number of rotatable bonds is 5. The third-order valence-corrected chi connectivity index (χ3v) is 4.79. The number of benzene rings is 1. The lowest BCUT2D eigenvalue weighted by molar-refractivity contribution is 0.748. The van der Waals surface area contributed by atoms with Gasteiger partial charge >= 0.3 is 0 Å². The van der Waals surface area contributed by atoms with E-state index in [4.69, 9.17) is 17.3 Å². The molecule has 0 aliphatic carbocycles. The van der Waals surface area contributed by atoms with E-state index in [1.165, 1.54) is 27.6 Å². The Morgan fingerprint density at radius 1 is 1.17 bits per heavy atom. The van der Waals surface area contributed by atoms with E-state index in [9.17, 15) is 0 Å². The van der Waals surface area contributed by atoms with Crippen molar-refractivity contribution < 1.29 is 0 Å². The molecule has 2 aromatic heterocycles. The lowest BCUT2D eigenvalue weighted by atomic mass is 10.00. The summed E-state index contributed by atoms with van der Waals surface area (Å²) in [6.07, 6.45) is 4.84. The van der Waals surface area contributed by atoms with Crippen LogP contribution in [0, 0.1) is 13.8 Å². The fraction of sp³-hybridized carbons (Fsp3) is 0.316. The molecular formula is C19H22ClN3. The Bertz CT molecular complexity index is 836. The minimum absolute atomic E-state index is 0.675. The van der Waals surface area contributed by atoms with Gasteiger partial charge in [0.15, 0.2) is 0 Å². The molecule has 0 spiro atoms. The van der Waals surface area contributed by atoms with E-state index in [1.54, 1.807) is 6.20 Å². The number of aryl methyl sites for hydroxylation is 3. The minimum Gasteiger partial charge on any atom is -0.353 e. The number of nitrogens with one attached hydrogen (secondary N) is 1. The number of halogens is 1. The van der Waals surface area contributed by atoms with Crippen LogP contribution in [0.1, 0.15) is 29.5 Å². The summed E-state index contributed by atoms with van der Waals surface area (Å²) in [5.41, 5.74) is 12.6. The normalized spacial score (nSPS) is 11.3. The van der Waals surface area contributed by atoms with Gasteiger partial charge < -0.3 is 10.7 Å². The lowest BCUT2D eigenvalue weighted by Crippen LogP contribution is -1.99. The summed E-state index contributed by atoms with van der Waals surface area (Å²) in [6, 6.07) is 8.13. The van der Waals surface area contributed by atoms with Crippen molar-refractivity contribution in [3.63, 3.8) is 0 Å². The van der Waals surface area contributed by atoms with Crippen LogP contribution >= 0.6 is 11.6 Å². The highest BCUT2D eigenvalue weighted by Crippen LogP contribution is 2.35. The summed E-state index contributed by atoms with van der Waals surface area (Å²) in [4.78, 5) is 8.08. The van der Waals surface area contributed by atoms with Gasteiger partial charge in [0.05, 0.1) is 10.7 Å². The number of pyridine rings is 1. The first kappa shape index (κ1) is 16.0. The van der Waals surface area contributed by atoms with E-state index in [1.807, 2.05) is 12.1 Å². The van der Waals surface area contributed by atoms with Crippen molar-refractivity contribution in [2.45, 2.75) is 33.1 Å². The summed E-state index contributed by atoms with van der Waals surface area (Å²) < 4.78 is 0. The molecule has 0 fully saturated rings. The molecule has 120 valence electrons. The van der Waals surface area contributed by atoms with Crippen LogP contribution in [0.25, 0.3) is 22.3 Å². The van der Waals surface area contributed by atoms with Crippen molar-refractivity contribution in [2.75, 3.05) is 6.54 Å². The third kappa shape index (κ3) is 2.99. The number of unbranched alkanes of at least 4 members (excludes halogenated alkanes) is 1. The number of H-pyrrole nitrogens is 1. The molecule has 0 radical (unpaired) electrons. The van der Waals surface area contributed by atoms with Gasteiger partial charge in [-0.3, -0.25) is 4.98 Å². The average Bonchev–Trinajstić information content (AvgIpc) is 2.91. The topological polar surface area (TPSA) is 54.7 Å². The average molecular weight is 328 g/mol. The van der Waals surface area contributed by atoms with Gasteiger partial charge in [-0.25, -0.2) is 0 Å². The smallest absolute Gasteiger partial charge is 0.105 e. The molecule has 0 aliphatic heterocycles. The van der Waals surface area contributed by atoms with Crippen LogP contribution < -0.4 is 5.73 Å². The highest BCUT2D eigenvalue weighted by Gasteiger charge is 2.17. The Morgan fingerprint density at radius 3 is 2.74 bits per heavy atom. The molecule has 0 aliphatic rings. The van der Waals surface area contributed by atoms with Crippen molar-refractivity contribution in [2.24, 2.45) is 5.73 Å². The number of aromatic amines is 1. The van der Waals surface area contributed by atoms with Crippen molar-refractivity contribution in [3.8, 4) is 11.4 Å². The zero-order valence-corrected chi connectivity index (χ0v) is 14.4. The summed E-state index contributed by atoms with van der Waals surface area (Å²) in [7, 11) is 0. The standard InChI is InChI=1S/C19H22ClN3/c1-12-8-9-15-14(6-3-4-10-21)18(23-17(15)13(12)2)19-16(20)7-5-11-22-19/h5,7-9,11,23H,3-4,6,10,21H2,1-2H3. The van der Waals surface area contributed by atoms with E-state index in [2.05, 4.69) is 35.9 Å².